The molecule has 192 valence electrons. The maximum atomic E-state index is 15.4. The molecule has 0 unspecified atom stereocenters. The van der Waals surface area contributed by atoms with E-state index in [2.05, 4.69) is 15.3 Å². The highest BCUT2D eigenvalue weighted by Gasteiger charge is 2.46. The normalized spacial score (nSPS) is 24.7. The monoisotopic (exact) mass is 492 g/mol. The number of carbonyl (C=O) groups is 1. The maximum absolute atomic E-state index is 15.4. The molecule has 7 nitrogen and oxygen atoms in total. The SMILES string of the molecule is CCN(CC1(F)CCC(C(F)(F)F)CC1)c1ncnc(NCC2CCN(CC(N)=O)CC2)c1F. The minimum Gasteiger partial charge on any atom is -0.369 e. The molecule has 0 atom stereocenters. The molecule has 2 heterocycles. The third-order valence-corrected chi connectivity index (χ3v) is 6.92. The molecule has 1 saturated carbocycles. The number of anilines is 2. The number of halogens is 5. The van der Waals surface area contributed by atoms with Crippen LogP contribution in [0.4, 0.5) is 33.6 Å². The molecular formula is C22H33F5N6O. The first-order valence-corrected chi connectivity index (χ1v) is 11.8. The summed E-state index contributed by atoms with van der Waals surface area (Å²) in [6, 6.07) is 0. The topological polar surface area (TPSA) is 87.4 Å². The van der Waals surface area contributed by atoms with Gasteiger partial charge in [0, 0.05) is 13.1 Å². The molecule has 0 bridgehead atoms. The molecule has 34 heavy (non-hydrogen) atoms. The van der Waals surface area contributed by atoms with Crippen LogP contribution in [0.15, 0.2) is 6.33 Å². The number of carbonyl (C=O) groups excluding carboxylic acids is 1. The van der Waals surface area contributed by atoms with Crippen molar-refractivity contribution in [3.63, 3.8) is 0 Å². The number of rotatable bonds is 9. The lowest BCUT2D eigenvalue weighted by Gasteiger charge is -2.38. The first-order valence-electron chi connectivity index (χ1n) is 11.8. The highest BCUT2D eigenvalue weighted by molar-refractivity contribution is 5.75. The quantitative estimate of drug-likeness (QED) is 0.513. The number of alkyl halides is 4. The van der Waals surface area contributed by atoms with Gasteiger partial charge in [0.1, 0.15) is 12.0 Å². The van der Waals surface area contributed by atoms with E-state index in [0.29, 0.717) is 6.54 Å². The minimum atomic E-state index is -4.32. The third-order valence-electron chi connectivity index (χ3n) is 6.92. The molecule has 0 spiro atoms. The van der Waals surface area contributed by atoms with Gasteiger partial charge in [-0.15, -0.1) is 0 Å². The zero-order valence-electron chi connectivity index (χ0n) is 19.4. The van der Waals surface area contributed by atoms with Gasteiger partial charge in [0.15, 0.2) is 11.6 Å². The Morgan fingerprint density at radius 3 is 2.44 bits per heavy atom. The molecule has 0 radical (unpaired) electrons. The third kappa shape index (κ3) is 6.89. The van der Waals surface area contributed by atoms with Crippen LogP contribution in [0.1, 0.15) is 45.4 Å². The highest BCUT2D eigenvalue weighted by Crippen LogP contribution is 2.43. The Labute approximate surface area is 196 Å². The summed E-state index contributed by atoms with van der Waals surface area (Å²) in [5.74, 6) is -2.34. The number of likely N-dealkylation sites (tertiary alicyclic amines) is 1. The Morgan fingerprint density at radius 2 is 1.88 bits per heavy atom. The Bertz CT molecular complexity index is 822. The standard InChI is InChI=1S/C22H33F5N6O/c1-2-33(13-21(24)7-3-16(4-8-21)22(25,26)27)20-18(23)19(30-14-31-20)29-11-15-5-9-32(10-6-15)12-17(28)34/h14-16H,2-13H2,1H3,(H2,28,34)(H,29,30,31). The summed E-state index contributed by atoms with van der Waals surface area (Å²) in [4.78, 5) is 22.4. The van der Waals surface area contributed by atoms with Crippen molar-refractivity contribution in [1.82, 2.24) is 14.9 Å². The number of piperidine rings is 1. The number of hydrogen-bond acceptors (Lipinski definition) is 6. The summed E-state index contributed by atoms with van der Waals surface area (Å²) in [5, 5.41) is 3.01. The van der Waals surface area contributed by atoms with Crippen LogP contribution >= 0.6 is 0 Å². The van der Waals surface area contributed by atoms with Crippen LogP contribution in [0.25, 0.3) is 0 Å². The molecule has 1 aliphatic carbocycles. The lowest BCUT2D eigenvalue weighted by molar-refractivity contribution is -0.187. The zero-order valence-corrected chi connectivity index (χ0v) is 19.4. The van der Waals surface area contributed by atoms with E-state index < -0.39 is 23.6 Å². The first kappa shape index (κ1) is 26.4. The second-order valence-electron chi connectivity index (χ2n) is 9.41. The van der Waals surface area contributed by atoms with Gasteiger partial charge in [-0.25, -0.2) is 14.4 Å². The molecule has 0 aromatic carbocycles. The largest absolute Gasteiger partial charge is 0.391 e. The Kier molecular flexibility index (Phi) is 8.53. The number of nitrogens with zero attached hydrogens (tertiary/aromatic N) is 4. The molecule has 3 rings (SSSR count). The molecule has 2 aliphatic rings. The van der Waals surface area contributed by atoms with E-state index in [9.17, 15) is 18.0 Å². The molecule has 1 aliphatic heterocycles. The van der Waals surface area contributed by atoms with Gasteiger partial charge in [0.2, 0.25) is 11.7 Å². The second-order valence-corrected chi connectivity index (χ2v) is 9.41. The fraction of sp³-hybridized carbons (Fsp3) is 0.773. The predicted molar refractivity (Wildman–Crippen MR) is 119 cm³/mol. The van der Waals surface area contributed by atoms with Gasteiger partial charge in [-0.1, -0.05) is 0 Å². The first-order chi connectivity index (χ1) is 16.0. The number of nitrogens with one attached hydrogen (secondary N) is 1. The van der Waals surface area contributed by atoms with Gasteiger partial charge in [0.25, 0.3) is 0 Å². The van der Waals surface area contributed by atoms with E-state index in [-0.39, 0.29) is 68.8 Å². The van der Waals surface area contributed by atoms with Crippen LogP contribution in [-0.2, 0) is 4.79 Å². The number of primary amides is 1. The van der Waals surface area contributed by atoms with Crippen LogP contribution in [0.3, 0.4) is 0 Å². The molecule has 2 fully saturated rings. The smallest absolute Gasteiger partial charge is 0.369 e. The molecule has 1 saturated heterocycles. The van der Waals surface area contributed by atoms with Gasteiger partial charge in [-0.05, 0) is 64.5 Å². The Balaban J connectivity index is 1.58. The molecular weight excluding hydrogens is 459 g/mol. The van der Waals surface area contributed by atoms with E-state index in [1.165, 1.54) is 11.2 Å². The molecule has 12 heteroatoms. The fourth-order valence-electron chi connectivity index (χ4n) is 4.81. The summed E-state index contributed by atoms with van der Waals surface area (Å²) < 4.78 is 69.4. The Morgan fingerprint density at radius 1 is 1.24 bits per heavy atom. The van der Waals surface area contributed by atoms with Crippen LogP contribution < -0.4 is 16.0 Å². The number of hydrogen-bond donors (Lipinski definition) is 2. The van der Waals surface area contributed by atoms with E-state index in [1.807, 2.05) is 4.90 Å². The predicted octanol–water partition coefficient (Wildman–Crippen LogP) is 3.51. The van der Waals surface area contributed by atoms with E-state index in [4.69, 9.17) is 5.73 Å². The van der Waals surface area contributed by atoms with Crippen molar-refractivity contribution in [3.8, 4) is 0 Å². The number of aromatic nitrogens is 2. The van der Waals surface area contributed by atoms with Crippen molar-refractivity contribution in [2.75, 3.05) is 49.5 Å². The average molecular weight is 493 g/mol. The van der Waals surface area contributed by atoms with Crippen LogP contribution in [0, 0.1) is 17.7 Å². The van der Waals surface area contributed by atoms with E-state index in [0.717, 1.165) is 25.9 Å². The minimum absolute atomic E-state index is 0.0108. The van der Waals surface area contributed by atoms with Crippen LogP contribution in [0.5, 0.6) is 0 Å². The second kappa shape index (κ2) is 11.0. The lowest BCUT2D eigenvalue weighted by atomic mass is 9.79. The Hall–Kier alpha value is -2.24. The lowest BCUT2D eigenvalue weighted by Crippen LogP contribution is -2.44. The molecule has 1 aromatic heterocycles. The fourth-order valence-corrected chi connectivity index (χ4v) is 4.81. The summed E-state index contributed by atoms with van der Waals surface area (Å²) in [6.07, 6.45) is -2.45. The van der Waals surface area contributed by atoms with Gasteiger partial charge >= 0.3 is 6.18 Å². The summed E-state index contributed by atoms with van der Waals surface area (Å²) >= 11 is 0. The molecule has 1 aromatic rings. The van der Waals surface area contributed by atoms with Crippen molar-refractivity contribution in [2.45, 2.75) is 57.3 Å². The van der Waals surface area contributed by atoms with Gasteiger partial charge < -0.3 is 16.0 Å². The summed E-state index contributed by atoms with van der Waals surface area (Å²) in [7, 11) is 0. The van der Waals surface area contributed by atoms with Crippen molar-refractivity contribution in [3.05, 3.63) is 12.1 Å². The number of nitrogens with two attached hydrogens (primary N) is 1. The van der Waals surface area contributed by atoms with Crippen LogP contribution in [0.2, 0.25) is 0 Å². The van der Waals surface area contributed by atoms with E-state index in [1.54, 1.807) is 6.92 Å². The van der Waals surface area contributed by atoms with Gasteiger partial charge in [-0.3, -0.25) is 9.69 Å². The zero-order chi connectivity index (χ0) is 24.9. The van der Waals surface area contributed by atoms with Gasteiger partial charge in [0.05, 0.1) is 19.0 Å². The molecule has 1 amide bonds. The van der Waals surface area contributed by atoms with Crippen molar-refractivity contribution in [2.24, 2.45) is 17.6 Å². The van der Waals surface area contributed by atoms with E-state index >= 15 is 8.78 Å². The van der Waals surface area contributed by atoms with Crippen molar-refractivity contribution >= 4 is 17.5 Å². The van der Waals surface area contributed by atoms with Crippen LogP contribution in [-0.4, -0.2) is 71.9 Å². The van der Waals surface area contributed by atoms with Gasteiger partial charge in [-0.2, -0.15) is 17.6 Å². The summed E-state index contributed by atoms with van der Waals surface area (Å²) in [6.45, 7) is 3.91. The average Bonchev–Trinajstić information content (AvgIpc) is 2.77. The molecule has 3 N–H and O–H groups in total. The van der Waals surface area contributed by atoms with Crippen molar-refractivity contribution in [1.29, 1.82) is 0 Å². The number of amides is 1. The highest BCUT2D eigenvalue weighted by atomic mass is 19.4. The van der Waals surface area contributed by atoms with Crippen molar-refractivity contribution < 1.29 is 26.7 Å². The summed E-state index contributed by atoms with van der Waals surface area (Å²) in [5.41, 5.74) is 3.40. The maximum Gasteiger partial charge on any atom is 0.391 e.